The van der Waals surface area contributed by atoms with Gasteiger partial charge in [0.15, 0.2) is 10.2 Å². The Bertz CT molecular complexity index is 930. The molecule has 3 aromatic rings. The van der Waals surface area contributed by atoms with Crippen LogP contribution in [0.4, 0.5) is 0 Å². The van der Waals surface area contributed by atoms with Gasteiger partial charge in [-0.1, -0.05) is 29.4 Å². The lowest BCUT2D eigenvalue weighted by molar-refractivity contribution is 0.267. The summed E-state index contributed by atoms with van der Waals surface area (Å²) in [7, 11) is 0. The fourth-order valence-corrected chi connectivity index (χ4v) is 4.50. The number of halogens is 1. The Kier molecular flexibility index (Phi) is 5.38. The van der Waals surface area contributed by atoms with Gasteiger partial charge in [-0.05, 0) is 67.7 Å². The first kappa shape index (κ1) is 18.3. The lowest BCUT2D eigenvalue weighted by Crippen LogP contribution is -2.29. The van der Waals surface area contributed by atoms with Gasteiger partial charge in [0.25, 0.3) is 0 Å². The zero-order valence-electron chi connectivity index (χ0n) is 14.6. The zero-order chi connectivity index (χ0) is 18.8. The van der Waals surface area contributed by atoms with E-state index >= 15 is 0 Å². The van der Waals surface area contributed by atoms with E-state index < -0.39 is 0 Å². The van der Waals surface area contributed by atoms with E-state index in [0.717, 1.165) is 38.1 Å². The highest BCUT2D eigenvalue weighted by Crippen LogP contribution is 2.41. The molecular weight excluding hydrogens is 398 g/mol. The van der Waals surface area contributed by atoms with Crippen LogP contribution >= 0.6 is 35.6 Å². The Morgan fingerprint density at radius 1 is 1.19 bits per heavy atom. The number of nitrogens with one attached hydrogen (secondary N) is 1. The van der Waals surface area contributed by atoms with Crippen LogP contribution in [0.15, 0.2) is 75.2 Å². The minimum atomic E-state index is -0.0434. The number of likely N-dealkylation sites (N-methyl/N-ethyl adjacent to an activating group) is 1. The third kappa shape index (κ3) is 3.83. The Hall–Kier alpha value is -2.02. The van der Waals surface area contributed by atoms with Crippen molar-refractivity contribution in [2.45, 2.75) is 29.0 Å². The zero-order valence-corrected chi connectivity index (χ0v) is 17.0. The van der Waals surface area contributed by atoms with Crippen LogP contribution < -0.4 is 5.32 Å². The van der Waals surface area contributed by atoms with Gasteiger partial charge >= 0.3 is 0 Å². The third-order valence-corrected chi connectivity index (χ3v) is 6.00. The molecule has 0 bridgehead atoms. The number of pyridine rings is 1. The summed E-state index contributed by atoms with van der Waals surface area (Å²) >= 11 is 13.1. The summed E-state index contributed by atoms with van der Waals surface area (Å²) in [5.41, 5.74) is 0.948. The van der Waals surface area contributed by atoms with E-state index in [1.54, 1.807) is 18.0 Å². The van der Waals surface area contributed by atoms with E-state index in [1.807, 2.05) is 54.6 Å². The van der Waals surface area contributed by atoms with Crippen molar-refractivity contribution in [1.82, 2.24) is 15.2 Å². The number of benzene rings is 1. The first-order valence-electron chi connectivity index (χ1n) is 8.67. The molecule has 0 saturated carbocycles. The maximum absolute atomic E-state index is 6.19. The van der Waals surface area contributed by atoms with Crippen LogP contribution in [-0.2, 0) is 0 Å². The first-order valence-corrected chi connectivity index (χ1v) is 10.3. The van der Waals surface area contributed by atoms with Gasteiger partial charge in [-0.3, -0.25) is 4.98 Å². The molecule has 7 heteroatoms. The van der Waals surface area contributed by atoms with E-state index in [2.05, 4.69) is 22.1 Å². The molecule has 0 aliphatic carbocycles. The quantitative estimate of drug-likeness (QED) is 0.557. The minimum Gasteiger partial charge on any atom is -0.452 e. The standard InChI is InChI=1S/C20H18ClN3OS2/c1-2-24-19(18(23-20(24)26)15-5-3-4-12-22-15)16-10-11-17(25-16)27-14-8-6-13(21)7-9-14/h3-12,18-19H,2H2,1H3,(H,23,26)/t18-,19+/m1/s1. The molecule has 3 heterocycles. The number of hydrogen-bond acceptors (Lipinski definition) is 4. The van der Waals surface area contributed by atoms with Crippen LogP contribution in [0.25, 0.3) is 0 Å². The van der Waals surface area contributed by atoms with Gasteiger partial charge in [-0.25, -0.2) is 0 Å². The number of hydrogen-bond donors (Lipinski definition) is 1. The van der Waals surface area contributed by atoms with E-state index in [9.17, 15) is 0 Å². The van der Waals surface area contributed by atoms with Crippen LogP contribution in [0.3, 0.4) is 0 Å². The topological polar surface area (TPSA) is 41.3 Å². The largest absolute Gasteiger partial charge is 0.452 e. The Labute approximate surface area is 172 Å². The normalized spacial score (nSPS) is 19.3. The average Bonchev–Trinajstić information content (AvgIpc) is 3.28. The van der Waals surface area contributed by atoms with Crippen LogP contribution in [-0.4, -0.2) is 21.5 Å². The van der Waals surface area contributed by atoms with Crippen molar-refractivity contribution in [3.05, 3.63) is 77.3 Å². The van der Waals surface area contributed by atoms with Crippen molar-refractivity contribution in [2.75, 3.05) is 6.54 Å². The first-order chi connectivity index (χ1) is 13.2. The molecule has 1 aromatic carbocycles. The molecule has 0 unspecified atom stereocenters. The highest BCUT2D eigenvalue weighted by atomic mass is 35.5. The highest BCUT2D eigenvalue weighted by molar-refractivity contribution is 7.99. The van der Waals surface area contributed by atoms with Crippen LogP contribution in [0, 0.1) is 0 Å². The van der Waals surface area contributed by atoms with Gasteiger partial charge in [0, 0.05) is 22.7 Å². The van der Waals surface area contributed by atoms with Gasteiger partial charge in [0.2, 0.25) is 0 Å². The maximum atomic E-state index is 6.19. The van der Waals surface area contributed by atoms with Crippen molar-refractivity contribution < 1.29 is 4.42 Å². The summed E-state index contributed by atoms with van der Waals surface area (Å²) in [4.78, 5) is 7.74. The summed E-state index contributed by atoms with van der Waals surface area (Å²) in [6, 6.07) is 17.6. The van der Waals surface area contributed by atoms with E-state index in [1.165, 1.54) is 0 Å². The van der Waals surface area contributed by atoms with E-state index in [-0.39, 0.29) is 12.1 Å². The number of aromatic nitrogens is 1. The van der Waals surface area contributed by atoms with Crippen molar-refractivity contribution in [3.63, 3.8) is 0 Å². The molecule has 0 radical (unpaired) electrons. The summed E-state index contributed by atoms with van der Waals surface area (Å²) in [5.74, 6) is 0.872. The average molecular weight is 416 g/mol. The maximum Gasteiger partial charge on any atom is 0.170 e. The summed E-state index contributed by atoms with van der Waals surface area (Å²) < 4.78 is 6.19. The van der Waals surface area contributed by atoms with Gasteiger partial charge in [-0.15, -0.1) is 0 Å². The Morgan fingerprint density at radius 3 is 2.70 bits per heavy atom. The SMILES string of the molecule is CCN1C(=S)N[C@H](c2ccccn2)[C@@H]1c1ccc(Sc2ccc(Cl)cc2)o1. The molecule has 27 heavy (non-hydrogen) atoms. The Morgan fingerprint density at radius 2 is 2.00 bits per heavy atom. The second-order valence-corrected chi connectivity index (χ2v) is 8.03. The molecular formula is C20H18ClN3OS2. The van der Waals surface area contributed by atoms with Crippen molar-refractivity contribution in [1.29, 1.82) is 0 Å². The molecule has 0 spiro atoms. The predicted molar refractivity (Wildman–Crippen MR) is 112 cm³/mol. The summed E-state index contributed by atoms with van der Waals surface area (Å²) in [5, 5.41) is 5.68. The molecule has 2 atom stereocenters. The molecule has 1 aliphatic rings. The third-order valence-electron chi connectivity index (χ3n) is 4.46. The van der Waals surface area contributed by atoms with Gasteiger partial charge < -0.3 is 14.6 Å². The number of thiocarbonyl (C=S) groups is 1. The molecule has 138 valence electrons. The second-order valence-electron chi connectivity index (χ2n) is 6.13. The monoisotopic (exact) mass is 415 g/mol. The fourth-order valence-electron chi connectivity index (χ4n) is 3.22. The van der Waals surface area contributed by atoms with Crippen molar-refractivity contribution in [2.24, 2.45) is 0 Å². The molecule has 1 N–H and O–H groups in total. The van der Waals surface area contributed by atoms with Gasteiger partial charge in [-0.2, -0.15) is 0 Å². The van der Waals surface area contributed by atoms with Crippen LogP contribution in [0.5, 0.6) is 0 Å². The van der Waals surface area contributed by atoms with Gasteiger partial charge in [0.1, 0.15) is 11.8 Å². The molecule has 4 rings (SSSR count). The second kappa shape index (κ2) is 7.92. The molecule has 1 saturated heterocycles. The number of furan rings is 1. The smallest absolute Gasteiger partial charge is 0.170 e. The summed E-state index contributed by atoms with van der Waals surface area (Å²) in [6.07, 6.45) is 1.80. The fraction of sp³-hybridized carbons (Fsp3) is 0.200. The predicted octanol–water partition coefficient (Wildman–Crippen LogP) is 5.47. The summed E-state index contributed by atoms with van der Waals surface area (Å²) in [6.45, 7) is 2.88. The minimum absolute atomic E-state index is 0.0306. The molecule has 1 aliphatic heterocycles. The Balaban J connectivity index is 1.62. The van der Waals surface area contributed by atoms with Crippen molar-refractivity contribution in [3.8, 4) is 0 Å². The van der Waals surface area contributed by atoms with Crippen LogP contribution in [0.1, 0.15) is 30.5 Å². The van der Waals surface area contributed by atoms with Gasteiger partial charge in [0.05, 0.1) is 11.7 Å². The van der Waals surface area contributed by atoms with Crippen molar-refractivity contribution >= 4 is 40.7 Å². The molecule has 4 nitrogen and oxygen atoms in total. The lowest BCUT2D eigenvalue weighted by Gasteiger charge is -2.24. The lowest BCUT2D eigenvalue weighted by atomic mass is 10.0. The molecule has 0 amide bonds. The number of rotatable bonds is 5. The number of nitrogens with zero attached hydrogens (tertiary/aromatic N) is 2. The molecule has 2 aromatic heterocycles. The molecule has 1 fully saturated rings. The van der Waals surface area contributed by atoms with E-state index in [0.29, 0.717) is 0 Å². The van der Waals surface area contributed by atoms with Crippen LogP contribution in [0.2, 0.25) is 5.02 Å². The van der Waals surface area contributed by atoms with E-state index in [4.69, 9.17) is 28.2 Å². The highest BCUT2D eigenvalue weighted by Gasteiger charge is 2.40.